The van der Waals surface area contributed by atoms with Crippen LogP contribution >= 0.6 is 0 Å². The summed E-state index contributed by atoms with van der Waals surface area (Å²) < 4.78 is 12.4. The number of hydrogen-bond donors (Lipinski definition) is 1. The summed E-state index contributed by atoms with van der Waals surface area (Å²) >= 11 is 0. The monoisotopic (exact) mass is 416 g/mol. The van der Waals surface area contributed by atoms with Crippen LogP contribution in [-0.2, 0) is 23.1 Å². The zero-order valence-electron chi connectivity index (χ0n) is 18.3. The topological polar surface area (TPSA) is 76.0 Å². The highest BCUT2D eigenvalue weighted by Crippen LogP contribution is 2.23. The fourth-order valence-corrected chi connectivity index (χ4v) is 3.08. The van der Waals surface area contributed by atoms with Gasteiger partial charge < -0.3 is 29.2 Å². The largest absolute Gasteiger partial charge is 0.495 e. The number of benzene rings is 1. The van der Waals surface area contributed by atoms with E-state index in [1.165, 1.54) is 4.90 Å². The van der Waals surface area contributed by atoms with Crippen LogP contribution in [0, 0.1) is 0 Å². The predicted octanol–water partition coefficient (Wildman–Crippen LogP) is 2.95. The van der Waals surface area contributed by atoms with Crippen LogP contribution in [0.4, 0.5) is 10.5 Å². The zero-order valence-corrected chi connectivity index (χ0v) is 18.3. The van der Waals surface area contributed by atoms with E-state index in [0.29, 0.717) is 37.7 Å². The first kappa shape index (κ1) is 23.3. The minimum Gasteiger partial charge on any atom is -0.495 e. The van der Waals surface area contributed by atoms with Crippen LogP contribution < -0.4 is 10.1 Å². The Bertz CT molecular complexity index is 821. The molecule has 8 heteroatoms. The Morgan fingerprint density at radius 2 is 1.83 bits per heavy atom. The number of anilines is 1. The summed E-state index contributed by atoms with van der Waals surface area (Å²) in [6, 6.07) is 10.8. The van der Waals surface area contributed by atoms with Gasteiger partial charge in [0.2, 0.25) is 5.91 Å². The van der Waals surface area contributed by atoms with Gasteiger partial charge in [0.25, 0.3) is 0 Å². The van der Waals surface area contributed by atoms with Crippen molar-refractivity contribution in [2.45, 2.75) is 19.9 Å². The molecule has 1 aromatic carbocycles. The third-order valence-electron chi connectivity index (χ3n) is 4.78. The van der Waals surface area contributed by atoms with Crippen molar-refractivity contribution in [1.82, 2.24) is 14.4 Å². The maximum Gasteiger partial charge on any atom is 0.322 e. The SMILES string of the molecule is CCCN(CC(=O)N(CCOC)Cc1cccn1C)C(=O)Nc1ccccc1OC. The van der Waals surface area contributed by atoms with Gasteiger partial charge in [0.1, 0.15) is 12.3 Å². The van der Waals surface area contributed by atoms with Gasteiger partial charge in [0.15, 0.2) is 0 Å². The molecular weight excluding hydrogens is 384 g/mol. The maximum atomic E-state index is 13.1. The summed E-state index contributed by atoms with van der Waals surface area (Å²) in [4.78, 5) is 29.2. The number of hydrogen-bond acceptors (Lipinski definition) is 4. The molecule has 0 fully saturated rings. The predicted molar refractivity (Wildman–Crippen MR) is 117 cm³/mol. The number of aryl methyl sites for hydroxylation is 1. The highest BCUT2D eigenvalue weighted by molar-refractivity contribution is 5.93. The fraction of sp³-hybridized carbons (Fsp3) is 0.455. The van der Waals surface area contributed by atoms with E-state index in [-0.39, 0.29) is 18.5 Å². The van der Waals surface area contributed by atoms with Crippen molar-refractivity contribution in [1.29, 1.82) is 0 Å². The number of carbonyl (C=O) groups excluding carboxylic acids is 2. The number of aromatic nitrogens is 1. The second-order valence-electron chi connectivity index (χ2n) is 6.97. The first-order valence-electron chi connectivity index (χ1n) is 10.1. The first-order chi connectivity index (χ1) is 14.5. The number of nitrogens with one attached hydrogen (secondary N) is 1. The van der Waals surface area contributed by atoms with Crippen LogP contribution in [0.15, 0.2) is 42.6 Å². The normalized spacial score (nSPS) is 10.5. The van der Waals surface area contributed by atoms with Crippen molar-refractivity contribution in [3.8, 4) is 5.75 Å². The van der Waals surface area contributed by atoms with Crippen LogP contribution in [0.2, 0.25) is 0 Å². The van der Waals surface area contributed by atoms with Gasteiger partial charge in [-0.3, -0.25) is 4.79 Å². The molecule has 0 aliphatic carbocycles. The average Bonchev–Trinajstić information content (AvgIpc) is 3.15. The van der Waals surface area contributed by atoms with Crippen LogP contribution in [-0.4, -0.2) is 66.8 Å². The minimum absolute atomic E-state index is 0.0110. The van der Waals surface area contributed by atoms with Crippen molar-refractivity contribution in [2.24, 2.45) is 7.05 Å². The van der Waals surface area contributed by atoms with Gasteiger partial charge in [-0.2, -0.15) is 0 Å². The quantitative estimate of drug-likeness (QED) is 0.611. The second kappa shape index (κ2) is 11.9. The minimum atomic E-state index is -0.333. The lowest BCUT2D eigenvalue weighted by Gasteiger charge is -2.28. The van der Waals surface area contributed by atoms with Gasteiger partial charge in [0.05, 0.1) is 25.9 Å². The van der Waals surface area contributed by atoms with Crippen LogP contribution in [0.1, 0.15) is 19.0 Å². The standard InChI is InChI=1S/C22H32N4O4/c1-5-12-26(22(28)23-19-10-6-7-11-20(19)30-4)17-21(27)25(14-15-29-3)16-18-9-8-13-24(18)2/h6-11,13H,5,12,14-17H2,1-4H3,(H,23,28). The molecule has 3 amide bonds. The fourth-order valence-electron chi connectivity index (χ4n) is 3.08. The molecule has 0 aliphatic rings. The molecule has 0 saturated heterocycles. The van der Waals surface area contributed by atoms with E-state index in [0.717, 1.165) is 12.1 Å². The van der Waals surface area contributed by atoms with E-state index in [1.54, 1.807) is 31.3 Å². The lowest BCUT2D eigenvalue weighted by molar-refractivity contribution is -0.133. The number of urea groups is 1. The molecule has 1 N–H and O–H groups in total. The van der Waals surface area contributed by atoms with Crippen LogP contribution in [0.3, 0.4) is 0 Å². The molecule has 0 atom stereocenters. The number of amides is 3. The van der Waals surface area contributed by atoms with Crippen LogP contribution in [0.5, 0.6) is 5.75 Å². The Labute approximate surface area is 178 Å². The van der Waals surface area contributed by atoms with Gasteiger partial charge >= 0.3 is 6.03 Å². The third kappa shape index (κ3) is 6.52. The van der Waals surface area contributed by atoms with Gasteiger partial charge in [-0.05, 0) is 30.7 Å². The number of methoxy groups -OCH3 is 2. The Morgan fingerprint density at radius 3 is 2.47 bits per heavy atom. The third-order valence-corrected chi connectivity index (χ3v) is 4.78. The molecule has 0 saturated carbocycles. The molecule has 0 unspecified atom stereocenters. The molecule has 0 spiro atoms. The van der Waals surface area contributed by atoms with Gasteiger partial charge in [-0.25, -0.2) is 4.79 Å². The van der Waals surface area contributed by atoms with Crippen molar-refractivity contribution in [2.75, 3.05) is 45.8 Å². The van der Waals surface area contributed by atoms with Gasteiger partial charge in [-0.15, -0.1) is 0 Å². The summed E-state index contributed by atoms with van der Waals surface area (Å²) in [6.07, 6.45) is 2.68. The molecular formula is C22H32N4O4. The van der Waals surface area contributed by atoms with Crippen LogP contribution in [0.25, 0.3) is 0 Å². The molecule has 1 heterocycles. The summed E-state index contributed by atoms with van der Waals surface area (Å²) in [7, 11) is 5.10. The summed E-state index contributed by atoms with van der Waals surface area (Å²) in [5.74, 6) is 0.441. The molecule has 30 heavy (non-hydrogen) atoms. The lowest BCUT2D eigenvalue weighted by Crippen LogP contribution is -2.45. The highest BCUT2D eigenvalue weighted by atomic mass is 16.5. The Kier molecular flexibility index (Phi) is 9.21. The molecule has 164 valence electrons. The number of carbonyl (C=O) groups is 2. The Hall–Kier alpha value is -3.00. The number of rotatable bonds is 11. The maximum absolute atomic E-state index is 13.1. The first-order valence-corrected chi connectivity index (χ1v) is 10.1. The van der Waals surface area contributed by atoms with Gasteiger partial charge in [0, 0.05) is 39.1 Å². The Balaban J connectivity index is 2.10. The van der Waals surface area contributed by atoms with E-state index >= 15 is 0 Å². The van der Waals surface area contributed by atoms with Crippen molar-refractivity contribution in [3.05, 3.63) is 48.3 Å². The van der Waals surface area contributed by atoms with Crippen molar-refractivity contribution in [3.63, 3.8) is 0 Å². The Morgan fingerprint density at radius 1 is 1.07 bits per heavy atom. The molecule has 2 aromatic rings. The van der Waals surface area contributed by atoms with E-state index in [4.69, 9.17) is 9.47 Å². The van der Waals surface area contributed by atoms with E-state index in [2.05, 4.69) is 5.32 Å². The van der Waals surface area contributed by atoms with Crippen molar-refractivity contribution >= 4 is 17.6 Å². The zero-order chi connectivity index (χ0) is 21.9. The lowest BCUT2D eigenvalue weighted by atomic mass is 10.3. The summed E-state index contributed by atoms with van der Waals surface area (Å²) in [5, 5.41) is 2.85. The molecule has 0 bridgehead atoms. The number of ether oxygens (including phenoxy) is 2. The highest BCUT2D eigenvalue weighted by Gasteiger charge is 2.22. The molecule has 8 nitrogen and oxygen atoms in total. The van der Waals surface area contributed by atoms with Crippen molar-refractivity contribution < 1.29 is 19.1 Å². The van der Waals surface area contributed by atoms with E-state index < -0.39 is 0 Å². The second-order valence-corrected chi connectivity index (χ2v) is 6.97. The smallest absolute Gasteiger partial charge is 0.322 e. The number of nitrogens with zero attached hydrogens (tertiary/aromatic N) is 3. The molecule has 0 aliphatic heterocycles. The average molecular weight is 417 g/mol. The number of para-hydroxylation sites is 2. The molecule has 0 radical (unpaired) electrons. The van der Waals surface area contributed by atoms with Gasteiger partial charge in [-0.1, -0.05) is 19.1 Å². The molecule has 1 aromatic heterocycles. The van der Waals surface area contributed by atoms with E-state index in [1.807, 2.05) is 49.0 Å². The summed E-state index contributed by atoms with van der Waals surface area (Å²) in [6.45, 7) is 3.77. The molecule has 2 rings (SSSR count). The summed E-state index contributed by atoms with van der Waals surface area (Å²) in [5.41, 5.74) is 1.58. The van der Waals surface area contributed by atoms with E-state index in [9.17, 15) is 9.59 Å².